The van der Waals surface area contributed by atoms with Gasteiger partial charge in [0.25, 0.3) is 0 Å². The first-order valence-electron chi connectivity index (χ1n) is 7.33. The Morgan fingerprint density at radius 2 is 1.77 bits per heavy atom. The van der Waals surface area contributed by atoms with E-state index in [4.69, 9.17) is 0 Å². The van der Waals surface area contributed by atoms with Gasteiger partial charge in [0.2, 0.25) is 11.8 Å². The molecular weight excluding hydrogens is 346 g/mol. The number of nitrogens with zero attached hydrogens (tertiary/aromatic N) is 3. The number of carbonyl (C=O) groups excluding carboxylic acids is 2. The van der Waals surface area contributed by atoms with Crippen LogP contribution in [0.5, 0.6) is 0 Å². The summed E-state index contributed by atoms with van der Waals surface area (Å²) in [4.78, 5) is 27.4. The van der Waals surface area contributed by atoms with Crippen LogP contribution >= 0.6 is 15.9 Å². The van der Waals surface area contributed by atoms with Crippen molar-refractivity contribution in [3.63, 3.8) is 0 Å². The van der Waals surface area contributed by atoms with Crippen LogP contribution in [0.3, 0.4) is 0 Å². The van der Waals surface area contributed by atoms with Gasteiger partial charge in [-0.25, -0.2) is 0 Å². The van der Waals surface area contributed by atoms with Crippen molar-refractivity contribution in [2.24, 2.45) is 0 Å². The minimum absolute atomic E-state index is 0.0772. The zero-order valence-electron chi connectivity index (χ0n) is 12.5. The fourth-order valence-corrected chi connectivity index (χ4v) is 3.33. The van der Waals surface area contributed by atoms with E-state index >= 15 is 0 Å². The molecule has 22 heavy (non-hydrogen) atoms. The van der Waals surface area contributed by atoms with Gasteiger partial charge in [0.1, 0.15) is 6.54 Å². The molecule has 0 unspecified atom stereocenters. The summed E-state index contributed by atoms with van der Waals surface area (Å²) in [6.45, 7) is 4.38. The third kappa shape index (κ3) is 2.88. The van der Waals surface area contributed by atoms with E-state index in [2.05, 4.69) is 15.9 Å². The number of amides is 2. The first kappa shape index (κ1) is 15.1. The molecule has 1 aromatic carbocycles. The van der Waals surface area contributed by atoms with Gasteiger partial charge in [-0.1, -0.05) is 22.0 Å². The van der Waals surface area contributed by atoms with Gasteiger partial charge in [-0.05, 0) is 18.2 Å². The van der Waals surface area contributed by atoms with Crippen molar-refractivity contribution >= 4 is 38.6 Å². The maximum atomic E-state index is 12.5. The van der Waals surface area contributed by atoms with Crippen LogP contribution in [0.15, 0.2) is 34.9 Å². The SMILES string of the molecule is CC(=O)N1CCN(C(=O)Cn2ccc3c(Br)cccc32)CC1. The number of fused-ring (bicyclic) bond motifs is 1. The van der Waals surface area contributed by atoms with Crippen LogP contribution in [0.1, 0.15) is 6.92 Å². The average molecular weight is 364 g/mol. The molecule has 1 fully saturated rings. The fraction of sp³-hybridized carbons (Fsp3) is 0.375. The number of benzene rings is 1. The van der Waals surface area contributed by atoms with Crippen molar-refractivity contribution in [1.29, 1.82) is 0 Å². The second kappa shape index (κ2) is 6.12. The molecule has 0 bridgehead atoms. The van der Waals surface area contributed by atoms with E-state index in [0.29, 0.717) is 32.7 Å². The molecule has 5 nitrogen and oxygen atoms in total. The molecule has 2 amide bonds. The fourth-order valence-electron chi connectivity index (χ4n) is 2.84. The Kier molecular flexibility index (Phi) is 4.20. The molecule has 0 radical (unpaired) electrons. The number of halogens is 1. The van der Waals surface area contributed by atoms with E-state index in [9.17, 15) is 9.59 Å². The smallest absolute Gasteiger partial charge is 0.242 e. The van der Waals surface area contributed by atoms with E-state index in [0.717, 1.165) is 15.4 Å². The first-order chi connectivity index (χ1) is 10.6. The maximum Gasteiger partial charge on any atom is 0.242 e. The largest absolute Gasteiger partial charge is 0.339 e. The topological polar surface area (TPSA) is 45.6 Å². The van der Waals surface area contributed by atoms with Crippen molar-refractivity contribution in [3.05, 3.63) is 34.9 Å². The lowest BCUT2D eigenvalue weighted by atomic mass is 10.2. The minimum atomic E-state index is 0.0772. The summed E-state index contributed by atoms with van der Waals surface area (Å²) in [5.74, 6) is 0.175. The third-order valence-corrected chi connectivity index (χ3v) is 4.84. The van der Waals surface area contributed by atoms with Gasteiger partial charge in [-0.3, -0.25) is 9.59 Å². The summed E-state index contributed by atoms with van der Waals surface area (Å²) in [5, 5.41) is 1.11. The molecule has 0 saturated carbocycles. The summed E-state index contributed by atoms with van der Waals surface area (Å²) in [5.41, 5.74) is 1.05. The Labute approximate surface area is 137 Å². The highest BCUT2D eigenvalue weighted by atomic mass is 79.9. The standard InChI is InChI=1S/C16H18BrN3O2/c1-12(21)18-7-9-19(10-8-18)16(22)11-20-6-5-13-14(17)3-2-4-15(13)20/h2-6H,7-11H2,1H3. The van der Waals surface area contributed by atoms with Crippen LogP contribution < -0.4 is 0 Å². The van der Waals surface area contributed by atoms with Crippen LogP contribution in [-0.4, -0.2) is 52.4 Å². The summed E-state index contributed by atoms with van der Waals surface area (Å²) in [6, 6.07) is 8.00. The van der Waals surface area contributed by atoms with Crippen molar-refractivity contribution in [1.82, 2.24) is 14.4 Å². The van der Waals surface area contributed by atoms with Gasteiger partial charge < -0.3 is 14.4 Å². The quantitative estimate of drug-likeness (QED) is 0.819. The molecule has 116 valence electrons. The Morgan fingerprint density at radius 1 is 1.09 bits per heavy atom. The minimum Gasteiger partial charge on any atom is -0.339 e. The van der Waals surface area contributed by atoms with E-state index in [1.807, 2.05) is 39.9 Å². The van der Waals surface area contributed by atoms with Gasteiger partial charge in [-0.2, -0.15) is 0 Å². The summed E-state index contributed by atoms with van der Waals surface area (Å²) < 4.78 is 3.01. The lowest BCUT2D eigenvalue weighted by Crippen LogP contribution is -2.50. The number of carbonyl (C=O) groups is 2. The number of hydrogen-bond acceptors (Lipinski definition) is 2. The number of piperazine rings is 1. The second-order valence-electron chi connectivity index (χ2n) is 5.50. The highest BCUT2D eigenvalue weighted by molar-refractivity contribution is 9.10. The summed E-state index contributed by atoms with van der Waals surface area (Å²) >= 11 is 3.53. The monoisotopic (exact) mass is 363 g/mol. The average Bonchev–Trinajstić information content (AvgIpc) is 2.92. The molecule has 2 heterocycles. The normalized spacial score (nSPS) is 15.4. The highest BCUT2D eigenvalue weighted by Gasteiger charge is 2.22. The molecule has 3 rings (SSSR count). The highest BCUT2D eigenvalue weighted by Crippen LogP contribution is 2.24. The first-order valence-corrected chi connectivity index (χ1v) is 8.12. The molecule has 1 aromatic heterocycles. The Balaban J connectivity index is 1.69. The Hall–Kier alpha value is -1.82. The van der Waals surface area contributed by atoms with Crippen molar-refractivity contribution in [2.45, 2.75) is 13.5 Å². The molecule has 1 aliphatic rings. The molecule has 0 spiro atoms. The van der Waals surface area contributed by atoms with Crippen LogP contribution in [0.25, 0.3) is 10.9 Å². The zero-order valence-corrected chi connectivity index (χ0v) is 14.0. The van der Waals surface area contributed by atoms with E-state index in [1.54, 1.807) is 11.8 Å². The number of aromatic nitrogens is 1. The molecule has 0 aliphatic carbocycles. The van der Waals surface area contributed by atoms with E-state index < -0.39 is 0 Å². The van der Waals surface area contributed by atoms with E-state index in [-0.39, 0.29) is 11.8 Å². The molecule has 0 N–H and O–H groups in total. The van der Waals surface area contributed by atoms with E-state index in [1.165, 1.54) is 0 Å². The van der Waals surface area contributed by atoms with Crippen LogP contribution in [0.2, 0.25) is 0 Å². The van der Waals surface area contributed by atoms with Crippen molar-refractivity contribution < 1.29 is 9.59 Å². The predicted octanol–water partition coefficient (Wildman–Crippen LogP) is 2.09. The van der Waals surface area contributed by atoms with Crippen LogP contribution in [-0.2, 0) is 16.1 Å². The molecule has 0 atom stereocenters. The number of hydrogen-bond donors (Lipinski definition) is 0. The lowest BCUT2D eigenvalue weighted by molar-refractivity contribution is -0.138. The van der Waals surface area contributed by atoms with Gasteiger partial charge >= 0.3 is 0 Å². The summed E-state index contributed by atoms with van der Waals surface area (Å²) in [6.07, 6.45) is 1.94. The number of rotatable bonds is 2. The van der Waals surface area contributed by atoms with Gasteiger partial charge in [0.15, 0.2) is 0 Å². The molecule has 6 heteroatoms. The third-order valence-electron chi connectivity index (χ3n) is 4.14. The predicted molar refractivity (Wildman–Crippen MR) is 88.5 cm³/mol. The van der Waals surface area contributed by atoms with Crippen LogP contribution in [0.4, 0.5) is 0 Å². The van der Waals surface area contributed by atoms with Gasteiger partial charge in [-0.15, -0.1) is 0 Å². The molecule has 1 saturated heterocycles. The molecule has 2 aromatic rings. The summed E-state index contributed by atoms with van der Waals surface area (Å²) in [7, 11) is 0. The van der Waals surface area contributed by atoms with Crippen molar-refractivity contribution in [3.8, 4) is 0 Å². The lowest BCUT2D eigenvalue weighted by Gasteiger charge is -2.34. The van der Waals surface area contributed by atoms with Gasteiger partial charge in [0, 0.05) is 54.7 Å². The zero-order chi connectivity index (χ0) is 15.7. The molecular formula is C16H18BrN3O2. The van der Waals surface area contributed by atoms with Crippen LogP contribution in [0, 0.1) is 0 Å². The molecule has 1 aliphatic heterocycles. The van der Waals surface area contributed by atoms with Crippen molar-refractivity contribution in [2.75, 3.05) is 26.2 Å². The second-order valence-corrected chi connectivity index (χ2v) is 6.36. The maximum absolute atomic E-state index is 12.5. The van der Waals surface area contributed by atoms with Gasteiger partial charge in [0.05, 0.1) is 0 Å². The Morgan fingerprint density at radius 3 is 2.45 bits per heavy atom. The Bertz CT molecular complexity index is 717.